The largest absolute Gasteiger partial charge is 0.351 e. The molecule has 0 aromatic carbocycles. The first kappa shape index (κ1) is 15.0. The van der Waals surface area contributed by atoms with Crippen molar-refractivity contribution in [2.24, 2.45) is 0 Å². The molecule has 0 aromatic rings. The number of alkyl halides is 1. The van der Waals surface area contributed by atoms with Crippen LogP contribution >= 0.6 is 11.6 Å². The Bertz CT molecular complexity index is 301. The van der Waals surface area contributed by atoms with E-state index in [9.17, 15) is 0 Å². The van der Waals surface area contributed by atoms with E-state index in [2.05, 4.69) is 26.5 Å². The smallest absolute Gasteiger partial charge is 0.103 e. The highest BCUT2D eigenvalue weighted by Gasteiger charge is 2.38. The van der Waals surface area contributed by atoms with Gasteiger partial charge >= 0.3 is 0 Å². The van der Waals surface area contributed by atoms with Crippen molar-refractivity contribution in [3.63, 3.8) is 0 Å². The van der Waals surface area contributed by atoms with E-state index in [0.29, 0.717) is 39.3 Å². The number of rotatable bonds is 4. The summed E-state index contributed by atoms with van der Waals surface area (Å²) in [5, 5.41) is 0. The average molecular weight is 305 g/mol. The van der Waals surface area contributed by atoms with Gasteiger partial charge < -0.3 is 9.47 Å². The molecule has 7 heteroatoms. The van der Waals surface area contributed by atoms with Gasteiger partial charge in [-0.3, -0.25) is 19.6 Å². The van der Waals surface area contributed by atoms with Crippen LogP contribution in [0.2, 0.25) is 0 Å². The molecule has 4 bridgehead atoms. The molecule has 3 rings (SSSR count). The maximum Gasteiger partial charge on any atom is 0.103 e. The standard InChI is InChI=1S/C13H25ClN4O2/c1-12-15-6-17-10-20-11-18(7-16(12)9-19-8-15)13(17)4-2-3-5-14/h12-13H,2-11H2,1H3. The van der Waals surface area contributed by atoms with Gasteiger partial charge in [0, 0.05) is 5.88 Å². The van der Waals surface area contributed by atoms with Crippen LogP contribution in [0.1, 0.15) is 26.2 Å². The van der Waals surface area contributed by atoms with Crippen LogP contribution in [-0.4, -0.2) is 78.1 Å². The summed E-state index contributed by atoms with van der Waals surface area (Å²) in [5.41, 5.74) is 0. The van der Waals surface area contributed by atoms with Gasteiger partial charge in [0.25, 0.3) is 0 Å². The van der Waals surface area contributed by atoms with E-state index in [1.54, 1.807) is 0 Å². The molecule has 3 fully saturated rings. The maximum atomic E-state index is 5.81. The van der Waals surface area contributed by atoms with Crippen molar-refractivity contribution in [3.05, 3.63) is 0 Å². The second-order valence-electron chi connectivity index (χ2n) is 5.86. The molecule has 0 amide bonds. The zero-order valence-electron chi connectivity index (χ0n) is 12.2. The molecule has 3 heterocycles. The number of fused-ring (bicyclic) bond motifs is 4. The molecule has 3 aliphatic heterocycles. The summed E-state index contributed by atoms with van der Waals surface area (Å²) < 4.78 is 11.4. The Labute approximate surface area is 126 Å². The van der Waals surface area contributed by atoms with E-state index in [4.69, 9.17) is 21.1 Å². The fraction of sp³-hybridized carbons (Fsp3) is 1.00. The lowest BCUT2D eigenvalue weighted by molar-refractivity contribution is -0.255. The van der Waals surface area contributed by atoms with Crippen LogP contribution in [0, 0.1) is 0 Å². The van der Waals surface area contributed by atoms with Gasteiger partial charge in [0.15, 0.2) is 0 Å². The minimum Gasteiger partial charge on any atom is -0.351 e. The average Bonchev–Trinajstić information content (AvgIpc) is 2.45. The van der Waals surface area contributed by atoms with Crippen molar-refractivity contribution in [3.8, 4) is 0 Å². The van der Waals surface area contributed by atoms with Gasteiger partial charge in [0.1, 0.15) is 26.9 Å². The molecule has 0 aliphatic carbocycles. The highest BCUT2D eigenvalue weighted by atomic mass is 35.5. The van der Waals surface area contributed by atoms with E-state index < -0.39 is 0 Å². The second kappa shape index (κ2) is 6.87. The number of unbranched alkanes of at least 4 members (excludes halogenated alkanes) is 1. The highest BCUT2D eigenvalue weighted by molar-refractivity contribution is 6.17. The number of hydrogen-bond donors (Lipinski definition) is 0. The van der Waals surface area contributed by atoms with Crippen LogP contribution in [0.3, 0.4) is 0 Å². The van der Waals surface area contributed by atoms with Crippen molar-refractivity contribution in [1.82, 2.24) is 19.6 Å². The lowest BCUT2D eigenvalue weighted by Crippen LogP contribution is -2.67. The third kappa shape index (κ3) is 3.11. The fourth-order valence-corrected chi connectivity index (χ4v) is 3.43. The first-order chi connectivity index (χ1) is 9.79. The molecule has 4 atom stereocenters. The Hall–Kier alpha value is 0.0500. The van der Waals surface area contributed by atoms with E-state index in [1.165, 1.54) is 6.42 Å². The van der Waals surface area contributed by atoms with Crippen molar-refractivity contribution in [2.45, 2.75) is 38.5 Å². The molecular weight excluding hydrogens is 280 g/mol. The molecule has 4 unspecified atom stereocenters. The maximum absolute atomic E-state index is 5.81. The van der Waals surface area contributed by atoms with Gasteiger partial charge in [0.2, 0.25) is 0 Å². The minimum atomic E-state index is 0.427. The van der Waals surface area contributed by atoms with E-state index in [0.717, 1.165) is 32.1 Å². The monoisotopic (exact) mass is 304 g/mol. The molecule has 20 heavy (non-hydrogen) atoms. The Morgan fingerprint density at radius 3 is 2.00 bits per heavy atom. The predicted molar refractivity (Wildman–Crippen MR) is 76.5 cm³/mol. The van der Waals surface area contributed by atoms with Crippen LogP contribution in [0.15, 0.2) is 0 Å². The minimum absolute atomic E-state index is 0.427. The van der Waals surface area contributed by atoms with E-state index in [1.807, 2.05) is 0 Å². The topological polar surface area (TPSA) is 31.4 Å². The lowest BCUT2D eigenvalue weighted by Gasteiger charge is -2.53. The van der Waals surface area contributed by atoms with Crippen molar-refractivity contribution in [1.29, 1.82) is 0 Å². The summed E-state index contributed by atoms with van der Waals surface area (Å²) in [6.07, 6.45) is 4.31. The molecule has 3 saturated heterocycles. The van der Waals surface area contributed by atoms with Crippen molar-refractivity contribution in [2.75, 3.05) is 46.1 Å². The number of hydrogen-bond acceptors (Lipinski definition) is 6. The van der Waals surface area contributed by atoms with Crippen LogP contribution in [0.4, 0.5) is 0 Å². The molecule has 116 valence electrons. The summed E-state index contributed by atoms with van der Waals surface area (Å²) in [7, 11) is 0. The summed E-state index contributed by atoms with van der Waals surface area (Å²) in [6.45, 7) is 6.91. The molecular formula is C13H25ClN4O2. The first-order valence-electron chi connectivity index (χ1n) is 7.47. The zero-order chi connectivity index (χ0) is 13.9. The normalized spacial score (nSPS) is 44.7. The van der Waals surface area contributed by atoms with Gasteiger partial charge in [-0.05, 0) is 26.2 Å². The molecule has 3 aliphatic rings. The summed E-state index contributed by atoms with van der Waals surface area (Å²) in [4.78, 5) is 9.56. The van der Waals surface area contributed by atoms with Gasteiger partial charge in [0.05, 0.1) is 25.7 Å². The van der Waals surface area contributed by atoms with Crippen LogP contribution in [0.5, 0.6) is 0 Å². The van der Waals surface area contributed by atoms with E-state index in [-0.39, 0.29) is 0 Å². The number of ether oxygens (including phenoxy) is 2. The van der Waals surface area contributed by atoms with Crippen molar-refractivity contribution >= 4 is 11.6 Å². The first-order valence-corrected chi connectivity index (χ1v) is 8.00. The van der Waals surface area contributed by atoms with Gasteiger partial charge in [-0.2, -0.15) is 0 Å². The fourth-order valence-electron chi connectivity index (χ4n) is 3.24. The second-order valence-corrected chi connectivity index (χ2v) is 6.24. The summed E-state index contributed by atoms with van der Waals surface area (Å²) in [5.74, 6) is 0.756. The number of halogens is 1. The Kier molecular flexibility index (Phi) is 5.14. The lowest BCUT2D eigenvalue weighted by atomic mass is 10.1. The summed E-state index contributed by atoms with van der Waals surface area (Å²) in [6, 6.07) is 0. The Balaban J connectivity index is 1.71. The zero-order valence-corrected chi connectivity index (χ0v) is 13.0. The quantitative estimate of drug-likeness (QED) is 0.571. The van der Waals surface area contributed by atoms with Crippen LogP contribution in [-0.2, 0) is 9.47 Å². The molecule has 0 spiro atoms. The van der Waals surface area contributed by atoms with Crippen LogP contribution in [0.25, 0.3) is 0 Å². The predicted octanol–water partition coefficient (Wildman–Crippen LogP) is 1.09. The SMILES string of the molecule is CC1N2COCN1CN1COCN(C2)C1CCCCCl. The molecule has 0 N–H and O–H groups in total. The molecule has 6 nitrogen and oxygen atoms in total. The number of nitrogens with zero attached hydrogens (tertiary/aromatic N) is 4. The Morgan fingerprint density at radius 2 is 1.45 bits per heavy atom. The summed E-state index contributed by atoms with van der Waals surface area (Å²) >= 11 is 5.81. The van der Waals surface area contributed by atoms with Crippen LogP contribution < -0.4 is 0 Å². The third-order valence-corrected chi connectivity index (χ3v) is 4.77. The molecule has 0 aromatic heterocycles. The van der Waals surface area contributed by atoms with Gasteiger partial charge in [-0.15, -0.1) is 11.6 Å². The Morgan fingerprint density at radius 1 is 0.900 bits per heavy atom. The third-order valence-electron chi connectivity index (χ3n) is 4.50. The van der Waals surface area contributed by atoms with Gasteiger partial charge in [-0.25, -0.2) is 0 Å². The van der Waals surface area contributed by atoms with Gasteiger partial charge in [-0.1, -0.05) is 0 Å². The van der Waals surface area contributed by atoms with Crippen molar-refractivity contribution < 1.29 is 9.47 Å². The molecule has 0 saturated carbocycles. The van der Waals surface area contributed by atoms with E-state index >= 15 is 0 Å². The molecule has 0 radical (unpaired) electrons. The highest BCUT2D eigenvalue weighted by Crippen LogP contribution is 2.25.